The van der Waals surface area contributed by atoms with E-state index in [1.807, 2.05) is 10.7 Å². The lowest BCUT2D eigenvalue weighted by atomic mass is 10.3. The second-order valence-electron chi connectivity index (χ2n) is 3.37. The van der Waals surface area contributed by atoms with Gasteiger partial charge in [0, 0.05) is 0 Å². The fraction of sp³-hybridized carbons (Fsp3) is 0.333. The molecule has 1 aliphatic carbocycles. The van der Waals surface area contributed by atoms with Crippen LogP contribution in [-0.4, -0.2) is 15.0 Å². The van der Waals surface area contributed by atoms with Crippen molar-refractivity contribution in [3.63, 3.8) is 0 Å². The van der Waals surface area contributed by atoms with Gasteiger partial charge in [-0.15, -0.1) is 5.10 Å². The molecule has 1 heterocycles. The fourth-order valence-corrected chi connectivity index (χ4v) is 1.52. The molecule has 0 aliphatic heterocycles. The Morgan fingerprint density at radius 3 is 3.00 bits per heavy atom. The highest BCUT2D eigenvalue weighted by Gasteiger charge is 2.26. The summed E-state index contributed by atoms with van der Waals surface area (Å²) < 4.78 is 15.0. The van der Waals surface area contributed by atoms with Crippen LogP contribution in [-0.2, 0) is 0 Å². The maximum Gasteiger partial charge on any atom is 0.152 e. The Bertz CT molecular complexity index is 459. The third kappa shape index (κ3) is 0.946. The van der Waals surface area contributed by atoms with Gasteiger partial charge in [0.1, 0.15) is 5.52 Å². The summed E-state index contributed by atoms with van der Waals surface area (Å²) in [5, 5.41) is 7.76. The molecule has 1 aliphatic rings. The van der Waals surface area contributed by atoms with Gasteiger partial charge in [-0.1, -0.05) is 11.3 Å². The van der Waals surface area contributed by atoms with Crippen LogP contribution in [0.3, 0.4) is 0 Å². The number of fused-ring (bicyclic) bond motifs is 1. The maximum absolute atomic E-state index is 13.2. The molecule has 2 aromatic rings. The minimum atomic E-state index is -0.288. The van der Waals surface area contributed by atoms with E-state index in [-0.39, 0.29) is 5.82 Å². The first-order valence-corrected chi connectivity index (χ1v) is 4.35. The minimum absolute atomic E-state index is 0.288. The molecule has 0 unspecified atom stereocenters. The van der Waals surface area contributed by atoms with Gasteiger partial charge in [0.25, 0.3) is 0 Å². The SMILES string of the molecule is Fc1cccc2c1nnn2C1CC1. The molecule has 0 bridgehead atoms. The van der Waals surface area contributed by atoms with Crippen molar-refractivity contribution in [2.45, 2.75) is 18.9 Å². The second-order valence-corrected chi connectivity index (χ2v) is 3.37. The summed E-state index contributed by atoms with van der Waals surface area (Å²) in [5.41, 5.74) is 1.19. The standard InChI is InChI=1S/C9H8FN3/c10-7-2-1-3-8-9(7)11-12-13(8)6-4-5-6/h1-3,6H,4-5H2. The van der Waals surface area contributed by atoms with Gasteiger partial charge in [-0.3, -0.25) is 0 Å². The van der Waals surface area contributed by atoms with Crippen LogP contribution in [0.1, 0.15) is 18.9 Å². The summed E-state index contributed by atoms with van der Waals surface area (Å²) in [6, 6.07) is 5.41. The third-order valence-electron chi connectivity index (χ3n) is 2.35. The molecular formula is C9H8FN3. The molecule has 1 aromatic carbocycles. The van der Waals surface area contributed by atoms with E-state index in [1.165, 1.54) is 6.07 Å². The predicted octanol–water partition coefficient (Wildman–Crippen LogP) is 1.91. The van der Waals surface area contributed by atoms with Crippen molar-refractivity contribution in [2.75, 3.05) is 0 Å². The van der Waals surface area contributed by atoms with E-state index in [2.05, 4.69) is 10.3 Å². The molecule has 13 heavy (non-hydrogen) atoms. The van der Waals surface area contributed by atoms with Crippen LogP contribution in [0.15, 0.2) is 18.2 Å². The molecule has 0 saturated heterocycles. The lowest BCUT2D eigenvalue weighted by Gasteiger charge is -1.96. The molecule has 4 heteroatoms. The maximum atomic E-state index is 13.2. The first-order valence-electron chi connectivity index (χ1n) is 4.35. The summed E-state index contributed by atoms with van der Waals surface area (Å²) in [7, 11) is 0. The van der Waals surface area contributed by atoms with Gasteiger partial charge in [0.2, 0.25) is 0 Å². The molecule has 0 N–H and O–H groups in total. The third-order valence-corrected chi connectivity index (χ3v) is 2.35. The summed E-state index contributed by atoms with van der Waals surface area (Å²) in [4.78, 5) is 0. The van der Waals surface area contributed by atoms with Crippen molar-refractivity contribution in [3.8, 4) is 0 Å². The lowest BCUT2D eigenvalue weighted by molar-refractivity contribution is 0.626. The number of hydrogen-bond donors (Lipinski definition) is 0. The first-order chi connectivity index (χ1) is 6.36. The van der Waals surface area contributed by atoms with E-state index < -0.39 is 0 Å². The molecule has 0 spiro atoms. The molecule has 1 aromatic heterocycles. The Kier molecular flexibility index (Phi) is 1.23. The number of rotatable bonds is 1. The van der Waals surface area contributed by atoms with Crippen LogP contribution >= 0.6 is 0 Å². The number of aromatic nitrogens is 3. The van der Waals surface area contributed by atoms with Crippen molar-refractivity contribution < 1.29 is 4.39 Å². The Morgan fingerprint density at radius 2 is 2.23 bits per heavy atom. The quantitative estimate of drug-likeness (QED) is 0.666. The molecule has 0 amide bonds. The zero-order valence-electron chi connectivity index (χ0n) is 6.94. The molecule has 1 saturated carbocycles. The van der Waals surface area contributed by atoms with Gasteiger partial charge in [-0.25, -0.2) is 9.07 Å². The van der Waals surface area contributed by atoms with E-state index in [9.17, 15) is 4.39 Å². The molecule has 0 radical (unpaired) electrons. The molecule has 3 rings (SSSR count). The van der Waals surface area contributed by atoms with Crippen LogP contribution in [0.2, 0.25) is 0 Å². The predicted molar refractivity (Wildman–Crippen MR) is 45.8 cm³/mol. The normalized spacial score (nSPS) is 16.7. The van der Waals surface area contributed by atoms with Gasteiger partial charge >= 0.3 is 0 Å². The molecule has 3 nitrogen and oxygen atoms in total. The summed E-state index contributed by atoms with van der Waals surface area (Å²) in [6.07, 6.45) is 2.27. The lowest BCUT2D eigenvalue weighted by Crippen LogP contribution is -1.95. The minimum Gasteiger partial charge on any atom is -0.241 e. The topological polar surface area (TPSA) is 30.7 Å². The summed E-state index contributed by atoms with van der Waals surface area (Å²) >= 11 is 0. The number of benzene rings is 1. The van der Waals surface area contributed by atoms with Gasteiger partial charge < -0.3 is 0 Å². The van der Waals surface area contributed by atoms with Crippen LogP contribution < -0.4 is 0 Å². The first kappa shape index (κ1) is 7.00. The van der Waals surface area contributed by atoms with E-state index in [4.69, 9.17) is 0 Å². The highest BCUT2D eigenvalue weighted by atomic mass is 19.1. The largest absolute Gasteiger partial charge is 0.241 e. The van der Waals surface area contributed by atoms with Crippen molar-refractivity contribution in [1.82, 2.24) is 15.0 Å². The second kappa shape index (κ2) is 2.28. The van der Waals surface area contributed by atoms with Crippen molar-refractivity contribution >= 4 is 11.0 Å². The number of hydrogen-bond acceptors (Lipinski definition) is 2. The van der Waals surface area contributed by atoms with E-state index in [1.54, 1.807) is 6.07 Å². The summed E-state index contributed by atoms with van der Waals surface area (Å²) in [6.45, 7) is 0. The Balaban J connectivity index is 2.32. The zero-order chi connectivity index (χ0) is 8.84. The average molecular weight is 177 g/mol. The highest BCUT2D eigenvalue weighted by molar-refractivity contribution is 5.74. The van der Waals surface area contributed by atoms with E-state index in [0.29, 0.717) is 11.6 Å². The molecule has 1 fully saturated rings. The van der Waals surface area contributed by atoms with Crippen molar-refractivity contribution in [1.29, 1.82) is 0 Å². The Hall–Kier alpha value is -1.45. The molecule has 66 valence electrons. The Morgan fingerprint density at radius 1 is 1.38 bits per heavy atom. The van der Waals surface area contributed by atoms with E-state index in [0.717, 1.165) is 18.4 Å². The van der Waals surface area contributed by atoms with Crippen molar-refractivity contribution in [2.24, 2.45) is 0 Å². The number of halogens is 1. The van der Waals surface area contributed by atoms with Crippen LogP contribution in [0.4, 0.5) is 4.39 Å². The van der Waals surface area contributed by atoms with Gasteiger partial charge in [0.05, 0.1) is 11.6 Å². The average Bonchev–Trinajstić information content (AvgIpc) is 2.87. The smallest absolute Gasteiger partial charge is 0.152 e. The van der Waals surface area contributed by atoms with Gasteiger partial charge in [-0.05, 0) is 25.0 Å². The zero-order valence-corrected chi connectivity index (χ0v) is 6.94. The van der Waals surface area contributed by atoms with Crippen LogP contribution in [0.25, 0.3) is 11.0 Å². The fourth-order valence-electron chi connectivity index (χ4n) is 1.52. The summed E-state index contributed by atoms with van der Waals surface area (Å²) in [5.74, 6) is -0.288. The Labute approximate surface area is 74.2 Å². The van der Waals surface area contributed by atoms with Gasteiger partial charge in [0.15, 0.2) is 5.82 Å². The number of nitrogens with zero attached hydrogens (tertiary/aromatic N) is 3. The van der Waals surface area contributed by atoms with E-state index >= 15 is 0 Å². The van der Waals surface area contributed by atoms with Crippen molar-refractivity contribution in [3.05, 3.63) is 24.0 Å². The van der Waals surface area contributed by atoms with Gasteiger partial charge in [-0.2, -0.15) is 0 Å². The monoisotopic (exact) mass is 177 g/mol. The van der Waals surface area contributed by atoms with Crippen LogP contribution in [0, 0.1) is 5.82 Å². The van der Waals surface area contributed by atoms with Crippen LogP contribution in [0.5, 0.6) is 0 Å². The molecule has 0 atom stereocenters. The highest BCUT2D eigenvalue weighted by Crippen LogP contribution is 2.36. The molecular weight excluding hydrogens is 169 g/mol.